The molecule has 0 fully saturated rings. The first-order chi connectivity index (χ1) is 9.28. The Labute approximate surface area is 112 Å². The standard InChI is InChI=1S/C14H18N4O/c1-2-5-19-14-7-11(15)6-13(8-14)17-9-12-3-4-16-10-18-12/h3-4,6-8,10,17H,2,5,9,15H2,1H3. The van der Waals surface area contributed by atoms with Crippen molar-refractivity contribution in [3.05, 3.63) is 42.5 Å². The first-order valence-corrected chi connectivity index (χ1v) is 6.30. The minimum Gasteiger partial charge on any atom is -0.493 e. The van der Waals surface area contributed by atoms with Crippen LogP contribution in [0.15, 0.2) is 36.8 Å². The third-order valence-corrected chi connectivity index (χ3v) is 2.52. The van der Waals surface area contributed by atoms with Crippen molar-refractivity contribution in [3.8, 4) is 5.75 Å². The van der Waals surface area contributed by atoms with Crippen LogP contribution in [-0.2, 0) is 6.54 Å². The van der Waals surface area contributed by atoms with E-state index in [1.807, 2.05) is 24.3 Å². The molecule has 0 aliphatic carbocycles. The smallest absolute Gasteiger partial charge is 0.123 e. The Morgan fingerprint density at radius 1 is 1.32 bits per heavy atom. The summed E-state index contributed by atoms with van der Waals surface area (Å²) >= 11 is 0. The lowest BCUT2D eigenvalue weighted by Gasteiger charge is -2.10. The maximum absolute atomic E-state index is 5.85. The number of hydrogen-bond donors (Lipinski definition) is 2. The number of rotatable bonds is 6. The Kier molecular flexibility index (Phi) is 4.55. The zero-order valence-electron chi connectivity index (χ0n) is 11.0. The molecule has 0 spiro atoms. The summed E-state index contributed by atoms with van der Waals surface area (Å²) in [4.78, 5) is 8.04. The summed E-state index contributed by atoms with van der Waals surface area (Å²) in [5.74, 6) is 0.784. The molecule has 5 heteroatoms. The lowest BCUT2D eigenvalue weighted by Crippen LogP contribution is -2.03. The van der Waals surface area contributed by atoms with Gasteiger partial charge in [-0.15, -0.1) is 0 Å². The molecule has 0 amide bonds. The second-order valence-corrected chi connectivity index (χ2v) is 4.19. The number of nitrogen functional groups attached to an aromatic ring is 1. The van der Waals surface area contributed by atoms with Crippen molar-refractivity contribution < 1.29 is 4.74 Å². The van der Waals surface area contributed by atoms with Crippen LogP contribution in [-0.4, -0.2) is 16.6 Å². The van der Waals surface area contributed by atoms with E-state index in [0.717, 1.165) is 23.6 Å². The van der Waals surface area contributed by atoms with E-state index in [4.69, 9.17) is 10.5 Å². The van der Waals surface area contributed by atoms with Crippen LogP contribution >= 0.6 is 0 Å². The second kappa shape index (κ2) is 6.58. The average Bonchev–Trinajstić information content (AvgIpc) is 2.43. The highest BCUT2D eigenvalue weighted by Crippen LogP contribution is 2.23. The first-order valence-electron chi connectivity index (χ1n) is 6.30. The van der Waals surface area contributed by atoms with E-state index in [0.29, 0.717) is 18.8 Å². The summed E-state index contributed by atoms with van der Waals surface area (Å²) < 4.78 is 5.58. The molecule has 0 unspecified atom stereocenters. The van der Waals surface area contributed by atoms with E-state index < -0.39 is 0 Å². The fourth-order valence-corrected chi connectivity index (χ4v) is 1.64. The van der Waals surface area contributed by atoms with Crippen molar-refractivity contribution in [1.82, 2.24) is 9.97 Å². The van der Waals surface area contributed by atoms with Crippen LogP contribution in [0.5, 0.6) is 5.75 Å². The van der Waals surface area contributed by atoms with Gasteiger partial charge in [0.25, 0.3) is 0 Å². The van der Waals surface area contributed by atoms with Crippen molar-refractivity contribution in [2.75, 3.05) is 17.7 Å². The number of nitrogens with zero attached hydrogens (tertiary/aromatic N) is 2. The summed E-state index contributed by atoms with van der Waals surface area (Å²) in [6.07, 6.45) is 4.23. The van der Waals surface area contributed by atoms with Gasteiger partial charge in [0, 0.05) is 29.7 Å². The summed E-state index contributed by atoms with van der Waals surface area (Å²) in [6, 6.07) is 7.51. The maximum atomic E-state index is 5.85. The SMILES string of the molecule is CCCOc1cc(N)cc(NCc2ccncn2)c1. The summed E-state index contributed by atoms with van der Waals surface area (Å²) in [7, 11) is 0. The van der Waals surface area contributed by atoms with Gasteiger partial charge in [-0.05, 0) is 18.6 Å². The van der Waals surface area contributed by atoms with Gasteiger partial charge in [-0.1, -0.05) is 6.92 Å². The largest absolute Gasteiger partial charge is 0.493 e. The number of aromatic nitrogens is 2. The molecule has 0 aliphatic heterocycles. The van der Waals surface area contributed by atoms with Crippen LogP contribution in [0.1, 0.15) is 19.0 Å². The highest BCUT2D eigenvalue weighted by molar-refractivity contribution is 5.59. The van der Waals surface area contributed by atoms with Gasteiger partial charge < -0.3 is 15.8 Å². The number of hydrogen-bond acceptors (Lipinski definition) is 5. The van der Waals surface area contributed by atoms with Gasteiger partial charge in [0.15, 0.2) is 0 Å². The van der Waals surface area contributed by atoms with Crippen molar-refractivity contribution in [2.45, 2.75) is 19.9 Å². The molecule has 0 atom stereocenters. The van der Waals surface area contributed by atoms with Crippen LogP contribution in [0.4, 0.5) is 11.4 Å². The summed E-state index contributed by atoms with van der Waals surface area (Å²) in [6.45, 7) is 3.38. The third-order valence-electron chi connectivity index (χ3n) is 2.52. The van der Waals surface area contributed by atoms with E-state index in [2.05, 4.69) is 22.2 Å². The maximum Gasteiger partial charge on any atom is 0.123 e. The van der Waals surface area contributed by atoms with E-state index >= 15 is 0 Å². The molecule has 2 aromatic rings. The van der Waals surface area contributed by atoms with Gasteiger partial charge in [-0.2, -0.15) is 0 Å². The molecule has 0 aliphatic rings. The van der Waals surface area contributed by atoms with Crippen LogP contribution < -0.4 is 15.8 Å². The van der Waals surface area contributed by atoms with Gasteiger partial charge in [-0.25, -0.2) is 9.97 Å². The topological polar surface area (TPSA) is 73.1 Å². The normalized spacial score (nSPS) is 10.2. The van der Waals surface area contributed by atoms with Gasteiger partial charge in [0.1, 0.15) is 12.1 Å². The number of nitrogens with one attached hydrogen (secondary N) is 1. The van der Waals surface area contributed by atoms with Gasteiger partial charge >= 0.3 is 0 Å². The summed E-state index contributed by atoms with van der Waals surface area (Å²) in [5.41, 5.74) is 8.38. The molecule has 2 rings (SSSR count). The Morgan fingerprint density at radius 2 is 2.21 bits per heavy atom. The highest BCUT2D eigenvalue weighted by Gasteiger charge is 2.01. The number of anilines is 2. The van der Waals surface area contributed by atoms with Gasteiger partial charge in [0.05, 0.1) is 18.8 Å². The van der Waals surface area contributed by atoms with Gasteiger partial charge in [0.2, 0.25) is 0 Å². The number of ether oxygens (including phenoxy) is 1. The fourth-order valence-electron chi connectivity index (χ4n) is 1.64. The van der Waals surface area contributed by atoms with Crippen LogP contribution in [0.3, 0.4) is 0 Å². The molecule has 3 N–H and O–H groups in total. The van der Waals surface area contributed by atoms with E-state index in [-0.39, 0.29) is 0 Å². The second-order valence-electron chi connectivity index (χ2n) is 4.19. The number of benzene rings is 1. The predicted octanol–water partition coefficient (Wildman–Crippen LogP) is 2.46. The Morgan fingerprint density at radius 3 is 2.95 bits per heavy atom. The molecule has 0 saturated heterocycles. The molecule has 0 radical (unpaired) electrons. The molecule has 1 aromatic carbocycles. The molecule has 1 aromatic heterocycles. The average molecular weight is 258 g/mol. The molecule has 19 heavy (non-hydrogen) atoms. The number of nitrogens with two attached hydrogens (primary N) is 1. The molecule has 1 heterocycles. The third kappa shape index (κ3) is 4.13. The molecular formula is C14H18N4O. The van der Waals surface area contributed by atoms with Crippen molar-refractivity contribution in [1.29, 1.82) is 0 Å². The lowest BCUT2D eigenvalue weighted by molar-refractivity contribution is 0.318. The van der Waals surface area contributed by atoms with Gasteiger partial charge in [-0.3, -0.25) is 0 Å². The minimum absolute atomic E-state index is 0.624. The highest BCUT2D eigenvalue weighted by atomic mass is 16.5. The first kappa shape index (κ1) is 13.1. The van der Waals surface area contributed by atoms with Crippen molar-refractivity contribution in [3.63, 3.8) is 0 Å². The van der Waals surface area contributed by atoms with Crippen molar-refractivity contribution >= 4 is 11.4 Å². The Bertz CT molecular complexity index is 516. The fraction of sp³-hybridized carbons (Fsp3) is 0.286. The Balaban J connectivity index is 2.01. The lowest BCUT2D eigenvalue weighted by atomic mass is 10.2. The molecule has 5 nitrogen and oxygen atoms in total. The van der Waals surface area contributed by atoms with Crippen molar-refractivity contribution in [2.24, 2.45) is 0 Å². The molecule has 0 bridgehead atoms. The quantitative estimate of drug-likeness (QED) is 0.779. The Hall–Kier alpha value is -2.30. The zero-order chi connectivity index (χ0) is 13.5. The molecule has 0 saturated carbocycles. The summed E-state index contributed by atoms with van der Waals surface area (Å²) in [5, 5.41) is 3.27. The molecular weight excluding hydrogens is 240 g/mol. The zero-order valence-corrected chi connectivity index (χ0v) is 11.0. The monoisotopic (exact) mass is 258 g/mol. The van der Waals surface area contributed by atoms with E-state index in [1.165, 1.54) is 6.33 Å². The molecule has 100 valence electrons. The van der Waals surface area contributed by atoms with E-state index in [1.54, 1.807) is 6.20 Å². The minimum atomic E-state index is 0.624. The van der Waals surface area contributed by atoms with E-state index in [9.17, 15) is 0 Å². The van der Waals surface area contributed by atoms with Crippen LogP contribution in [0.2, 0.25) is 0 Å². The predicted molar refractivity (Wildman–Crippen MR) is 76.0 cm³/mol. The van der Waals surface area contributed by atoms with Crippen LogP contribution in [0.25, 0.3) is 0 Å². The van der Waals surface area contributed by atoms with Crippen LogP contribution in [0, 0.1) is 0 Å².